The molecule has 122 valence electrons. The summed E-state index contributed by atoms with van der Waals surface area (Å²) in [6.07, 6.45) is 3.48. The summed E-state index contributed by atoms with van der Waals surface area (Å²) in [6.45, 7) is 8.88. The summed E-state index contributed by atoms with van der Waals surface area (Å²) in [4.78, 5) is 4.63. The van der Waals surface area contributed by atoms with Crippen LogP contribution in [0.1, 0.15) is 39.2 Å². The largest absolute Gasteiger partial charge is 0.493 e. The van der Waals surface area contributed by atoms with Crippen molar-refractivity contribution in [3.05, 3.63) is 29.8 Å². The highest BCUT2D eigenvalue weighted by atomic mass is 16.5. The highest BCUT2D eigenvalue weighted by Gasteiger charge is 2.21. The minimum absolute atomic E-state index is 0.553. The van der Waals surface area contributed by atoms with Gasteiger partial charge in [-0.1, -0.05) is 26.0 Å². The van der Waals surface area contributed by atoms with Gasteiger partial charge in [0.2, 0.25) is 0 Å². The van der Waals surface area contributed by atoms with Crippen LogP contribution in [0.4, 0.5) is 0 Å². The number of nitrogens with zero attached hydrogens (tertiary/aromatic N) is 1. The van der Waals surface area contributed by atoms with Gasteiger partial charge < -0.3 is 15.4 Å². The number of ether oxygens (including phenoxy) is 1. The lowest BCUT2D eigenvalue weighted by molar-refractivity contribution is 0.271. The Bertz CT molecular complexity index is 464. The maximum atomic E-state index is 5.70. The van der Waals surface area contributed by atoms with Gasteiger partial charge >= 0.3 is 0 Å². The van der Waals surface area contributed by atoms with Gasteiger partial charge in [-0.15, -0.1) is 0 Å². The van der Waals surface area contributed by atoms with Crippen LogP contribution in [0.2, 0.25) is 0 Å². The van der Waals surface area contributed by atoms with Crippen molar-refractivity contribution in [1.82, 2.24) is 10.6 Å². The van der Waals surface area contributed by atoms with Crippen molar-refractivity contribution in [2.45, 2.75) is 46.1 Å². The lowest BCUT2D eigenvalue weighted by atomic mass is 10.1. The van der Waals surface area contributed by atoms with Crippen LogP contribution < -0.4 is 15.4 Å². The first-order valence-electron chi connectivity index (χ1n) is 8.44. The van der Waals surface area contributed by atoms with E-state index in [0.717, 1.165) is 37.8 Å². The van der Waals surface area contributed by atoms with E-state index in [1.54, 1.807) is 0 Å². The number of rotatable bonds is 8. The van der Waals surface area contributed by atoms with E-state index >= 15 is 0 Å². The van der Waals surface area contributed by atoms with Gasteiger partial charge in [0.1, 0.15) is 5.75 Å². The first-order valence-corrected chi connectivity index (χ1v) is 8.44. The van der Waals surface area contributed by atoms with Crippen LogP contribution in [0, 0.1) is 5.92 Å². The van der Waals surface area contributed by atoms with Crippen LogP contribution in [-0.4, -0.2) is 31.7 Å². The van der Waals surface area contributed by atoms with Crippen LogP contribution in [0.25, 0.3) is 0 Å². The van der Waals surface area contributed by atoms with Crippen LogP contribution in [0.15, 0.2) is 29.3 Å². The molecule has 1 aliphatic rings. The lowest BCUT2D eigenvalue weighted by Gasteiger charge is -2.10. The van der Waals surface area contributed by atoms with Crippen LogP contribution in [0.5, 0.6) is 5.75 Å². The Hall–Kier alpha value is -1.71. The molecular weight excluding hydrogens is 274 g/mol. The Kier molecular flexibility index (Phi) is 6.56. The smallest absolute Gasteiger partial charge is 0.191 e. The quantitative estimate of drug-likeness (QED) is 0.573. The predicted octanol–water partition coefficient (Wildman–Crippen LogP) is 2.98. The van der Waals surface area contributed by atoms with Crippen molar-refractivity contribution in [2.24, 2.45) is 10.9 Å². The maximum Gasteiger partial charge on any atom is 0.191 e. The van der Waals surface area contributed by atoms with Gasteiger partial charge in [0.15, 0.2) is 5.96 Å². The molecule has 4 heteroatoms. The zero-order valence-electron chi connectivity index (χ0n) is 14.1. The van der Waals surface area contributed by atoms with Crippen LogP contribution >= 0.6 is 0 Å². The fourth-order valence-corrected chi connectivity index (χ4v) is 2.05. The highest BCUT2D eigenvalue weighted by Crippen LogP contribution is 2.18. The standard InChI is InChI=1S/C18H29N3O/c1-4-19-18(21-16-7-8-16)20-12-11-15-5-9-17(10-6-15)22-13-14(2)3/h5-6,9-10,14,16H,4,7-8,11-13H2,1-3H3,(H2,19,20,21). The summed E-state index contributed by atoms with van der Waals surface area (Å²) in [6, 6.07) is 9.00. The number of hydrogen-bond donors (Lipinski definition) is 2. The van der Waals surface area contributed by atoms with Crippen molar-refractivity contribution >= 4 is 5.96 Å². The summed E-state index contributed by atoms with van der Waals surface area (Å²) < 4.78 is 5.70. The summed E-state index contributed by atoms with van der Waals surface area (Å²) >= 11 is 0. The number of hydrogen-bond acceptors (Lipinski definition) is 2. The second-order valence-corrected chi connectivity index (χ2v) is 6.28. The first kappa shape index (κ1) is 16.7. The number of benzene rings is 1. The average Bonchev–Trinajstić information content (AvgIpc) is 3.30. The number of guanidine groups is 1. The molecule has 0 amide bonds. The molecule has 2 N–H and O–H groups in total. The van der Waals surface area contributed by atoms with Gasteiger partial charge in [0, 0.05) is 19.1 Å². The molecular formula is C18H29N3O. The second-order valence-electron chi connectivity index (χ2n) is 6.28. The van der Waals surface area contributed by atoms with E-state index in [0.29, 0.717) is 12.0 Å². The van der Waals surface area contributed by atoms with E-state index < -0.39 is 0 Å². The highest BCUT2D eigenvalue weighted by molar-refractivity contribution is 5.80. The molecule has 1 aliphatic carbocycles. The molecule has 0 aliphatic heterocycles. The van der Waals surface area contributed by atoms with E-state index in [1.807, 2.05) is 0 Å². The fourth-order valence-electron chi connectivity index (χ4n) is 2.05. The van der Waals surface area contributed by atoms with Gasteiger partial charge in [0.25, 0.3) is 0 Å². The van der Waals surface area contributed by atoms with Gasteiger partial charge in [-0.3, -0.25) is 4.99 Å². The Labute approximate surface area is 134 Å². The van der Waals surface area contributed by atoms with E-state index in [9.17, 15) is 0 Å². The summed E-state index contributed by atoms with van der Waals surface area (Å²) in [5.41, 5.74) is 1.29. The van der Waals surface area contributed by atoms with E-state index in [4.69, 9.17) is 4.74 Å². The summed E-state index contributed by atoms with van der Waals surface area (Å²) in [5.74, 6) is 2.45. The predicted molar refractivity (Wildman–Crippen MR) is 92.6 cm³/mol. The van der Waals surface area contributed by atoms with Crippen molar-refractivity contribution < 1.29 is 4.74 Å². The second kappa shape index (κ2) is 8.66. The molecule has 4 nitrogen and oxygen atoms in total. The molecule has 0 atom stereocenters. The first-order chi connectivity index (χ1) is 10.7. The third kappa shape index (κ3) is 6.37. The Morgan fingerprint density at radius 3 is 2.59 bits per heavy atom. The Morgan fingerprint density at radius 1 is 1.27 bits per heavy atom. The molecule has 0 spiro atoms. The van der Waals surface area contributed by atoms with Crippen LogP contribution in [0.3, 0.4) is 0 Å². The molecule has 1 aromatic carbocycles. The molecule has 0 aromatic heterocycles. The zero-order valence-corrected chi connectivity index (χ0v) is 14.1. The van der Waals surface area contributed by atoms with Gasteiger partial charge in [-0.25, -0.2) is 0 Å². The third-order valence-corrected chi connectivity index (χ3v) is 3.44. The third-order valence-electron chi connectivity index (χ3n) is 3.44. The summed E-state index contributed by atoms with van der Waals surface area (Å²) in [5, 5.41) is 6.73. The molecule has 22 heavy (non-hydrogen) atoms. The molecule has 1 saturated carbocycles. The van der Waals surface area contributed by atoms with Crippen molar-refractivity contribution in [2.75, 3.05) is 19.7 Å². The van der Waals surface area contributed by atoms with Crippen molar-refractivity contribution in [1.29, 1.82) is 0 Å². The maximum absolute atomic E-state index is 5.70. The zero-order chi connectivity index (χ0) is 15.8. The lowest BCUT2D eigenvalue weighted by Crippen LogP contribution is -2.38. The van der Waals surface area contributed by atoms with Crippen LogP contribution in [-0.2, 0) is 6.42 Å². The fraction of sp³-hybridized carbons (Fsp3) is 0.611. The number of aliphatic imine (C=N–C) groups is 1. The molecule has 0 unspecified atom stereocenters. The minimum atomic E-state index is 0.553. The van der Waals surface area contributed by atoms with Crippen molar-refractivity contribution in [3.8, 4) is 5.75 Å². The average molecular weight is 303 g/mol. The molecule has 2 rings (SSSR count). The van der Waals surface area contributed by atoms with Gasteiger partial charge in [-0.2, -0.15) is 0 Å². The Balaban J connectivity index is 1.77. The SMILES string of the molecule is CCNC(=NCCc1ccc(OCC(C)C)cc1)NC1CC1. The monoisotopic (exact) mass is 303 g/mol. The van der Waals surface area contributed by atoms with Gasteiger partial charge in [0.05, 0.1) is 6.61 Å². The van der Waals surface area contributed by atoms with E-state index in [-0.39, 0.29) is 0 Å². The molecule has 0 saturated heterocycles. The normalized spacial score (nSPS) is 15.0. The molecule has 1 fully saturated rings. The molecule has 0 bridgehead atoms. The van der Waals surface area contributed by atoms with E-state index in [1.165, 1.54) is 18.4 Å². The molecule has 1 aromatic rings. The molecule has 0 heterocycles. The summed E-state index contributed by atoms with van der Waals surface area (Å²) in [7, 11) is 0. The topological polar surface area (TPSA) is 45.7 Å². The number of nitrogens with one attached hydrogen (secondary N) is 2. The van der Waals surface area contributed by atoms with E-state index in [2.05, 4.69) is 60.7 Å². The van der Waals surface area contributed by atoms with Gasteiger partial charge in [-0.05, 0) is 49.8 Å². The van der Waals surface area contributed by atoms with Crippen molar-refractivity contribution in [3.63, 3.8) is 0 Å². The minimum Gasteiger partial charge on any atom is -0.493 e. The molecule has 0 radical (unpaired) electrons. The Morgan fingerprint density at radius 2 is 2.00 bits per heavy atom.